The summed E-state index contributed by atoms with van der Waals surface area (Å²) in [4.78, 5) is 17.1. The van der Waals surface area contributed by atoms with Gasteiger partial charge in [-0.1, -0.05) is 26.8 Å². The molecular formula is C24H36N6S. The number of aromatic nitrogens is 3. The van der Waals surface area contributed by atoms with Gasteiger partial charge < -0.3 is 15.5 Å². The third kappa shape index (κ3) is 8.36. The van der Waals surface area contributed by atoms with Gasteiger partial charge >= 0.3 is 0 Å². The van der Waals surface area contributed by atoms with Crippen LogP contribution in [0.25, 0.3) is 10.7 Å². The standard InChI is InChI=1S/C22H30N6S.C2H6/c1-5-28(4)10-6-8-23-14-19-15-25-21(29-19)20-7-9-24-22(27-20)26-18-12-16(2)11-17(3)13-18;1-2/h7,9,11-13,15,23H,5-6,8,10,14H2,1-4H3,(H,24,26,27);1-2H3. The minimum absolute atomic E-state index is 0.586. The lowest BCUT2D eigenvalue weighted by Gasteiger charge is -2.13. The van der Waals surface area contributed by atoms with E-state index in [9.17, 15) is 0 Å². The Morgan fingerprint density at radius 2 is 1.81 bits per heavy atom. The maximum atomic E-state index is 4.65. The number of hydrogen-bond donors (Lipinski definition) is 2. The van der Waals surface area contributed by atoms with Crippen molar-refractivity contribution in [2.45, 2.75) is 47.6 Å². The topological polar surface area (TPSA) is 66.0 Å². The molecule has 168 valence electrons. The van der Waals surface area contributed by atoms with E-state index in [1.165, 1.54) is 16.0 Å². The van der Waals surface area contributed by atoms with Crippen LogP contribution in [-0.4, -0.2) is 46.5 Å². The first-order valence-electron chi connectivity index (χ1n) is 11.1. The zero-order valence-corrected chi connectivity index (χ0v) is 20.5. The summed E-state index contributed by atoms with van der Waals surface area (Å²) < 4.78 is 0. The Morgan fingerprint density at radius 3 is 2.52 bits per heavy atom. The summed E-state index contributed by atoms with van der Waals surface area (Å²) in [6.07, 6.45) is 4.86. The Morgan fingerprint density at radius 1 is 1.06 bits per heavy atom. The van der Waals surface area contributed by atoms with Gasteiger partial charge in [-0.15, -0.1) is 11.3 Å². The molecule has 6 nitrogen and oxygen atoms in total. The first kappa shape index (κ1) is 24.9. The van der Waals surface area contributed by atoms with Gasteiger partial charge in [0.1, 0.15) is 10.7 Å². The highest BCUT2D eigenvalue weighted by molar-refractivity contribution is 7.14. The van der Waals surface area contributed by atoms with Crippen LogP contribution in [0.1, 0.15) is 43.2 Å². The van der Waals surface area contributed by atoms with Gasteiger partial charge in [0.05, 0.1) is 0 Å². The number of nitrogens with zero attached hydrogens (tertiary/aromatic N) is 4. The molecule has 0 aliphatic heterocycles. The molecule has 1 aromatic carbocycles. The zero-order chi connectivity index (χ0) is 22.6. The first-order chi connectivity index (χ1) is 15.0. The largest absolute Gasteiger partial charge is 0.324 e. The van der Waals surface area contributed by atoms with E-state index in [0.29, 0.717) is 5.95 Å². The SMILES string of the molecule is CC.CCN(C)CCCNCc1cnc(-c2ccnc(Nc3cc(C)cc(C)c3)n2)s1. The summed E-state index contributed by atoms with van der Waals surface area (Å²) in [6, 6.07) is 8.24. The van der Waals surface area contributed by atoms with Crippen LogP contribution >= 0.6 is 11.3 Å². The Bertz CT molecular complexity index is 904. The molecule has 0 saturated heterocycles. The van der Waals surface area contributed by atoms with Gasteiger partial charge in [0.15, 0.2) is 0 Å². The van der Waals surface area contributed by atoms with Gasteiger partial charge in [0.2, 0.25) is 5.95 Å². The quantitative estimate of drug-likeness (QED) is 0.411. The summed E-state index contributed by atoms with van der Waals surface area (Å²) >= 11 is 1.67. The molecule has 0 atom stereocenters. The summed E-state index contributed by atoms with van der Waals surface area (Å²) in [6.45, 7) is 14.4. The predicted octanol–water partition coefficient (Wildman–Crippen LogP) is 5.42. The maximum Gasteiger partial charge on any atom is 0.227 e. The summed E-state index contributed by atoms with van der Waals surface area (Å²) in [5.74, 6) is 0.586. The average molecular weight is 441 g/mol. The van der Waals surface area contributed by atoms with E-state index in [4.69, 9.17) is 0 Å². The predicted molar refractivity (Wildman–Crippen MR) is 133 cm³/mol. The molecule has 2 N–H and O–H groups in total. The van der Waals surface area contributed by atoms with E-state index in [0.717, 1.165) is 49.0 Å². The smallest absolute Gasteiger partial charge is 0.227 e. The van der Waals surface area contributed by atoms with Crippen molar-refractivity contribution >= 4 is 23.0 Å². The molecule has 0 aliphatic carbocycles. The third-order valence-corrected chi connectivity index (χ3v) is 5.66. The highest BCUT2D eigenvalue weighted by atomic mass is 32.1. The van der Waals surface area contributed by atoms with Crippen molar-refractivity contribution in [3.63, 3.8) is 0 Å². The van der Waals surface area contributed by atoms with Crippen molar-refractivity contribution in [3.8, 4) is 10.7 Å². The minimum atomic E-state index is 0.586. The van der Waals surface area contributed by atoms with Crippen LogP contribution in [0.5, 0.6) is 0 Å². The summed E-state index contributed by atoms with van der Waals surface area (Å²) in [5.41, 5.74) is 4.26. The average Bonchev–Trinajstić information content (AvgIpc) is 3.23. The van der Waals surface area contributed by atoms with E-state index < -0.39 is 0 Å². The number of anilines is 2. The third-order valence-electron chi connectivity index (χ3n) is 4.64. The molecule has 0 amide bonds. The summed E-state index contributed by atoms with van der Waals surface area (Å²) in [5, 5.41) is 7.72. The van der Waals surface area contributed by atoms with Crippen LogP contribution in [0, 0.1) is 13.8 Å². The second kappa shape index (κ2) is 13.1. The van der Waals surface area contributed by atoms with Crippen molar-refractivity contribution in [2.24, 2.45) is 0 Å². The fourth-order valence-corrected chi connectivity index (χ4v) is 3.92. The van der Waals surface area contributed by atoms with Crippen LogP contribution in [0.4, 0.5) is 11.6 Å². The Kier molecular flexibility index (Phi) is 10.6. The van der Waals surface area contributed by atoms with Gasteiger partial charge in [-0.05, 0) is 76.3 Å². The Balaban J connectivity index is 0.00000166. The molecular weight excluding hydrogens is 404 g/mol. The van der Waals surface area contributed by atoms with Crippen LogP contribution < -0.4 is 10.6 Å². The molecule has 0 spiro atoms. The van der Waals surface area contributed by atoms with E-state index >= 15 is 0 Å². The van der Waals surface area contributed by atoms with E-state index in [2.05, 4.69) is 76.5 Å². The zero-order valence-electron chi connectivity index (χ0n) is 19.7. The van der Waals surface area contributed by atoms with Crippen LogP contribution in [-0.2, 0) is 6.54 Å². The molecule has 3 rings (SSSR count). The van der Waals surface area contributed by atoms with Crippen molar-refractivity contribution in [3.05, 3.63) is 52.7 Å². The second-order valence-electron chi connectivity index (χ2n) is 7.32. The van der Waals surface area contributed by atoms with Crippen molar-refractivity contribution in [1.82, 2.24) is 25.2 Å². The Labute approximate surface area is 191 Å². The molecule has 0 aliphatic rings. The van der Waals surface area contributed by atoms with E-state index in [1.54, 1.807) is 17.5 Å². The maximum absolute atomic E-state index is 4.65. The lowest BCUT2D eigenvalue weighted by molar-refractivity contribution is 0.344. The highest BCUT2D eigenvalue weighted by Gasteiger charge is 2.08. The van der Waals surface area contributed by atoms with Crippen molar-refractivity contribution in [2.75, 3.05) is 32.0 Å². The number of benzene rings is 1. The first-order valence-corrected chi connectivity index (χ1v) is 11.9. The molecule has 0 bridgehead atoms. The number of rotatable bonds is 10. The van der Waals surface area contributed by atoms with Gasteiger partial charge in [-0.3, -0.25) is 0 Å². The molecule has 31 heavy (non-hydrogen) atoms. The molecule has 2 aromatic heterocycles. The molecule has 0 radical (unpaired) electrons. The highest BCUT2D eigenvalue weighted by Crippen LogP contribution is 2.25. The molecule has 0 fully saturated rings. The van der Waals surface area contributed by atoms with Crippen LogP contribution in [0.2, 0.25) is 0 Å². The van der Waals surface area contributed by atoms with Crippen LogP contribution in [0.3, 0.4) is 0 Å². The number of thiazole rings is 1. The molecule has 7 heteroatoms. The van der Waals surface area contributed by atoms with E-state index in [-0.39, 0.29) is 0 Å². The van der Waals surface area contributed by atoms with Crippen molar-refractivity contribution in [1.29, 1.82) is 0 Å². The number of nitrogens with one attached hydrogen (secondary N) is 2. The van der Waals surface area contributed by atoms with Gasteiger partial charge in [-0.2, -0.15) is 0 Å². The van der Waals surface area contributed by atoms with E-state index in [1.807, 2.05) is 26.1 Å². The fraction of sp³-hybridized carbons (Fsp3) is 0.458. The number of aryl methyl sites for hydroxylation is 2. The van der Waals surface area contributed by atoms with Gasteiger partial charge in [0, 0.05) is 29.5 Å². The summed E-state index contributed by atoms with van der Waals surface area (Å²) in [7, 11) is 2.15. The monoisotopic (exact) mass is 440 g/mol. The molecule has 0 saturated carbocycles. The fourth-order valence-electron chi connectivity index (χ4n) is 3.07. The lowest BCUT2D eigenvalue weighted by atomic mass is 10.1. The molecule has 3 aromatic rings. The molecule has 0 unspecified atom stereocenters. The van der Waals surface area contributed by atoms with Crippen LogP contribution in [0.15, 0.2) is 36.7 Å². The van der Waals surface area contributed by atoms with Gasteiger partial charge in [0.25, 0.3) is 0 Å². The molecule has 2 heterocycles. The van der Waals surface area contributed by atoms with Crippen molar-refractivity contribution < 1.29 is 0 Å². The minimum Gasteiger partial charge on any atom is -0.324 e. The van der Waals surface area contributed by atoms with Gasteiger partial charge in [-0.25, -0.2) is 15.0 Å². The second-order valence-corrected chi connectivity index (χ2v) is 8.44. The number of hydrogen-bond acceptors (Lipinski definition) is 7. The lowest BCUT2D eigenvalue weighted by Crippen LogP contribution is -2.23. The normalized spacial score (nSPS) is 10.7. The Hall–Kier alpha value is -2.35.